The van der Waals surface area contributed by atoms with E-state index in [4.69, 9.17) is 0 Å². The van der Waals surface area contributed by atoms with Gasteiger partial charge in [-0.2, -0.15) is 0 Å². The van der Waals surface area contributed by atoms with Crippen molar-refractivity contribution in [3.63, 3.8) is 0 Å². The van der Waals surface area contributed by atoms with E-state index in [0.717, 1.165) is 20.8 Å². The number of nitrogens with zero attached hydrogens (tertiary/aromatic N) is 4. The molecule has 2 aromatic carbocycles. The van der Waals surface area contributed by atoms with Crippen LogP contribution in [0.3, 0.4) is 0 Å². The summed E-state index contributed by atoms with van der Waals surface area (Å²) < 4.78 is 1.13. The summed E-state index contributed by atoms with van der Waals surface area (Å²) in [6.07, 6.45) is 0. The van der Waals surface area contributed by atoms with Crippen LogP contribution in [0.25, 0.3) is 21.6 Å². The van der Waals surface area contributed by atoms with Crippen molar-refractivity contribution in [2.24, 2.45) is 0 Å². The molecule has 1 amide bonds. The lowest BCUT2D eigenvalue weighted by Crippen LogP contribution is -2.31. The molecule has 0 bridgehead atoms. The van der Waals surface area contributed by atoms with Crippen LogP contribution in [-0.2, 0) is 4.79 Å². The first-order chi connectivity index (χ1) is 13.6. The first-order valence-electron chi connectivity index (χ1n) is 8.83. The minimum Gasteiger partial charge on any atom is -0.336 e. The number of aromatic amines is 1. The lowest BCUT2D eigenvalue weighted by molar-refractivity contribution is -0.128. The Morgan fingerprint density at radius 1 is 1.14 bits per heavy atom. The minimum absolute atomic E-state index is 0.0165. The Balaban J connectivity index is 1.38. The number of thioether (sulfide) groups is 1. The van der Waals surface area contributed by atoms with Crippen LogP contribution in [0.5, 0.6) is 0 Å². The van der Waals surface area contributed by atoms with Gasteiger partial charge in [0.05, 0.1) is 22.0 Å². The molecule has 8 heteroatoms. The van der Waals surface area contributed by atoms with Crippen molar-refractivity contribution in [1.29, 1.82) is 0 Å². The van der Waals surface area contributed by atoms with Crippen LogP contribution in [0.4, 0.5) is 0 Å². The number of carbonyl (C=O) groups excluding carboxylic acids is 1. The van der Waals surface area contributed by atoms with Crippen molar-refractivity contribution in [2.45, 2.75) is 18.1 Å². The third-order valence-electron chi connectivity index (χ3n) is 4.48. The molecule has 0 saturated carbocycles. The van der Waals surface area contributed by atoms with Crippen molar-refractivity contribution < 1.29 is 4.79 Å². The van der Waals surface area contributed by atoms with Crippen molar-refractivity contribution in [3.05, 3.63) is 59.6 Å². The van der Waals surface area contributed by atoms with Gasteiger partial charge in [0.1, 0.15) is 5.01 Å². The molecule has 142 valence electrons. The number of fused-ring (bicyclic) bond motifs is 1. The Labute approximate surface area is 171 Å². The number of para-hydroxylation sites is 1. The van der Waals surface area contributed by atoms with E-state index in [-0.39, 0.29) is 17.7 Å². The highest BCUT2D eigenvalue weighted by molar-refractivity contribution is 7.99. The normalized spacial score (nSPS) is 12.2. The molecule has 0 saturated heterocycles. The number of rotatable bonds is 6. The van der Waals surface area contributed by atoms with Gasteiger partial charge in [-0.15, -0.1) is 16.4 Å². The van der Waals surface area contributed by atoms with E-state index >= 15 is 0 Å². The minimum atomic E-state index is -0.0856. The molecule has 2 aromatic heterocycles. The third kappa shape index (κ3) is 3.93. The molecule has 0 unspecified atom stereocenters. The monoisotopic (exact) mass is 409 g/mol. The second-order valence-corrected chi connectivity index (χ2v) is 8.33. The summed E-state index contributed by atoms with van der Waals surface area (Å²) >= 11 is 2.95. The van der Waals surface area contributed by atoms with E-state index < -0.39 is 0 Å². The predicted octanol–water partition coefficient (Wildman–Crippen LogP) is 4.39. The summed E-state index contributed by atoms with van der Waals surface area (Å²) in [5.74, 6) is 0.993. The lowest BCUT2D eigenvalue weighted by Gasteiger charge is -2.22. The number of nitrogens with one attached hydrogen (secondary N) is 1. The van der Waals surface area contributed by atoms with Crippen molar-refractivity contribution in [2.75, 3.05) is 12.8 Å². The van der Waals surface area contributed by atoms with Gasteiger partial charge >= 0.3 is 0 Å². The van der Waals surface area contributed by atoms with Crippen LogP contribution in [0.2, 0.25) is 0 Å². The smallest absolute Gasteiger partial charge is 0.233 e. The zero-order valence-electron chi connectivity index (χ0n) is 15.5. The van der Waals surface area contributed by atoms with Gasteiger partial charge < -0.3 is 4.90 Å². The van der Waals surface area contributed by atoms with E-state index in [0.29, 0.717) is 11.0 Å². The van der Waals surface area contributed by atoms with Crippen LogP contribution in [-0.4, -0.2) is 43.8 Å². The van der Waals surface area contributed by atoms with Gasteiger partial charge in [0.25, 0.3) is 0 Å². The summed E-state index contributed by atoms with van der Waals surface area (Å²) in [5.41, 5.74) is 1.94. The summed E-state index contributed by atoms with van der Waals surface area (Å²) in [6, 6.07) is 17.7. The number of hydrogen-bond donors (Lipinski definition) is 1. The molecule has 6 nitrogen and oxygen atoms in total. The number of H-pyrrole nitrogens is 1. The van der Waals surface area contributed by atoms with Crippen molar-refractivity contribution >= 4 is 39.2 Å². The molecule has 4 rings (SSSR count). The Morgan fingerprint density at radius 3 is 2.68 bits per heavy atom. The largest absolute Gasteiger partial charge is 0.336 e. The van der Waals surface area contributed by atoms with Crippen LogP contribution in [0.15, 0.2) is 59.8 Å². The first-order valence-corrected chi connectivity index (χ1v) is 10.6. The first kappa shape index (κ1) is 18.6. The van der Waals surface area contributed by atoms with Gasteiger partial charge in [-0.3, -0.25) is 9.89 Å². The van der Waals surface area contributed by atoms with Crippen LogP contribution >= 0.6 is 23.1 Å². The molecule has 0 aliphatic rings. The predicted molar refractivity (Wildman–Crippen MR) is 113 cm³/mol. The Kier molecular flexibility index (Phi) is 5.40. The fourth-order valence-electron chi connectivity index (χ4n) is 2.71. The number of thiazole rings is 1. The maximum absolute atomic E-state index is 12.6. The Hall–Kier alpha value is -2.71. The number of aromatic nitrogens is 4. The Bertz CT molecular complexity index is 1060. The van der Waals surface area contributed by atoms with Crippen LogP contribution in [0.1, 0.15) is 18.0 Å². The van der Waals surface area contributed by atoms with Gasteiger partial charge in [0.15, 0.2) is 5.82 Å². The zero-order chi connectivity index (χ0) is 19.5. The highest BCUT2D eigenvalue weighted by atomic mass is 32.2. The molecule has 1 atom stereocenters. The maximum atomic E-state index is 12.6. The summed E-state index contributed by atoms with van der Waals surface area (Å²) in [4.78, 5) is 23.5. The third-order valence-corrected chi connectivity index (χ3v) is 6.52. The van der Waals surface area contributed by atoms with E-state index in [9.17, 15) is 4.79 Å². The number of hydrogen-bond acceptors (Lipinski definition) is 6. The lowest BCUT2D eigenvalue weighted by atomic mass is 10.2. The molecule has 0 aliphatic heterocycles. The van der Waals surface area contributed by atoms with Gasteiger partial charge in [0, 0.05) is 12.6 Å². The van der Waals surface area contributed by atoms with E-state index in [1.165, 1.54) is 11.8 Å². The van der Waals surface area contributed by atoms with Gasteiger partial charge in [-0.25, -0.2) is 9.97 Å². The van der Waals surface area contributed by atoms with E-state index in [1.807, 2.05) is 62.5 Å². The molecule has 28 heavy (non-hydrogen) atoms. The molecule has 1 N–H and O–H groups in total. The molecule has 0 aliphatic carbocycles. The second-order valence-electron chi connectivity index (χ2n) is 6.32. The molecule has 4 aromatic rings. The number of amides is 1. The van der Waals surface area contributed by atoms with Crippen LogP contribution in [0, 0.1) is 0 Å². The standard InChI is InChI=1S/C20H19N5OS2/c1-13(19-21-15-10-6-7-11-16(15)28-19)25(2)17(26)12-27-20-22-18(23-24-20)14-8-4-3-5-9-14/h3-11,13H,12H2,1-2H3,(H,22,23,24)/t13-/m0/s1. The zero-order valence-corrected chi connectivity index (χ0v) is 17.1. The maximum Gasteiger partial charge on any atom is 0.233 e. The second kappa shape index (κ2) is 8.12. The summed E-state index contributed by atoms with van der Waals surface area (Å²) in [6.45, 7) is 2.00. The fraction of sp³-hybridized carbons (Fsp3) is 0.200. The molecule has 2 heterocycles. The summed E-state index contributed by atoms with van der Waals surface area (Å²) in [7, 11) is 1.81. The SMILES string of the molecule is C[C@@H](c1nc2ccccc2s1)N(C)C(=O)CSc1n[nH]c(-c2ccccc2)n1. The average Bonchev–Trinajstić information content (AvgIpc) is 3.38. The summed E-state index contributed by atoms with van der Waals surface area (Å²) in [5, 5.41) is 8.62. The number of benzene rings is 2. The quantitative estimate of drug-likeness (QED) is 0.478. The van der Waals surface area contributed by atoms with Crippen LogP contribution < -0.4 is 0 Å². The molecule has 0 radical (unpaired) electrons. The van der Waals surface area contributed by atoms with Crippen molar-refractivity contribution in [3.8, 4) is 11.4 Å². The van der Waals surface area contributed by atoms with Gasteiger partial charge in [0.2, 0.25) is 11.1 Å². The van der Waals surface area contributed by atoms with E-state index in [2.05, 4.69) is 26.2 Å². The molecular formula is C20H19N5OS2. The van der Waals surface area contributed by atoms with E-state index in [1.54, 1.807) is 16.2 Å². The van der Waals surface area contributed by atoms with Gasteiger partial charge in [-0.1, -0.05) is 54.2 Å². The van der Waals surface area contributed by atoms with Gasteiger partial charge in [-0.05, 0) is 19.1 Å². The Morgan fingerprint density at radius 2 is 1.89 bits per heavy atom. The highest BCUT2D eigenvalue weighted by Gasteiger charge is 2.21. The molecule has 0 fully saturated rings. The average molecular weight is 410 g/mol. The molecular weight excluding hydrogens is 390 g/mol. The molecule has 0 spiro atoms. The number of carbonyl (C=O) groups is 1. The van der Waals surface area contributed by atoms with Crippen molar-refractivity contribution in [1.82, 2.24) is 25.1 Å². The fourth-order valence-corrected chi connectivity index (χ4v) is 4.50. The highest BCUT2D eigenvalue weighted by Crippen LogP contribution is 2.29. The topological polar surface area (TPSA) is 74.8 Å².